The lowest BCUT2D eigenvalue weighted by Gasteiger charge is -2.26. The van der Waals surface area contributed by atoms with E-state index in [9.17, 15) is 4.79 Å². The quantitative estimate of drug-likeness (QED) is 0.550. The Bertz CT molecular complexity index is 659. The number of hydrogen-bond donors (Lipinski definition) is 4. The predicted octanol–water partition coefficient (Wildman–Crippen LogP) is 0.515. The zero-order chi connectivity index (χ0) is 18.5. The van der Waals surface area contributed by atoms with E-state index in [4.69, 9.17) is 15.9 Å². The normalized spacial score (nSPS) is 21.0. The number of methoxy groups -OCH3 is 1. The van der Waals surface area contributed by atoms with Gasteiger partial charge in [0.2, 0.25) is 0 Å². The Morgan fingerprint density at radius 2 is 2.19 bits per heavy atom. The van der Waals surface area contributed by atoms with Crippen LogP contribution in [0.25, 0.3) is 0 Å². The minimum Gasteiger partial charge on any atom is -0.383 e. The van der Waals surface area contributed by atoms with Crippen LogP contribution in [-0.4, -0.2) is 62.0 Å². The number of amides is 1. The molecule has 1 unspecified atom stereocenters. The van der Waals surface area contributed by atoms with E-state index < -0.39 is 5.91 Å². The fraction of sp³-hybridized carbons (Fsp3) is 0.611. The Labute approximate surface area is 154 Å². The monoisotopic (exact) mass is 360 g/mol. The third kappa shape index (κ3) is 4.13. The van der Waals surface area contributed by atoms with Gasteiger partial charge in [-0.25, -0.2) is 4.98 Å². The number of rotatable bonds is 6. The summed E-state index contributed by atoms with van der Waals surface area (Å²) in [5, 5.41) is 14.4. The first-order valence-electron chi connectivity index (χ1n) is 9.22. The summed E-state index contributed by atoms with van der Waals surface area (Å²) >= 11 is 0. The Kier molecular flexibility index (Phi) is 6.05. The number of carbonyl (C=O) groups is 1. The molecule has 3 heterocycles. The standard InChI is InChI=1S/C18H28N6O2/c1-26-11-13-3-2-10-24(13)15-5-4-14(17(20)23-15)16(19)18(25)22-12-6-8-21-9-7-12/h4-5,12-13,19,21H,2-3,6-11H2,1H3,(H2,20,23)(H,22,25). The van der Waals surface area contributed by atoms with Gasteiger partial charge >= 0.3 is 0 Å². The summed E-state index contributed by atoms with van der Waals surface area (Å²) in [6.07, 6.45) is 3.90. The number of nitrogens with one attached hydrogen (secondary N) is 3. The van der Waals surface area contributed by atoms with Crippen LogP contribution in [0.4, 0.5) is 11.6 Å². The molecule has 8 heteroatoms. The van der Waals surface area contributed by atoms with Gasteiger partial charge in [0.05, 0.1) is 12.6 Å². The van der Waals surface area contributed by atoms with Gasteiger partial charge in [-0.2, -0.15) is 0 Å². The minimum absolute atomic E-state index is 0.108. The molecule has 0 bridgehead atoms. The number of aromatic nitrogens is 1. The smallest absolute Gasteiger partial charge is 0.270 e. The molecule has 2 saturated heterocycles. The number of nitrogens with two attached hydrogens (primary N) is 1. The highest BCUT2D eigenvalue weighted by molar-refractivity contribution is 6.45. The molecule has 3 rings (SSSR count). The molecule has 2 aliphatic rings. The van der Waals surface area contributed by atoms with Gasteiger partial charge in [0.1, 0.15) is 17.3 Å². The molecule has 0 aromatic carbocycles. The highest BCUT2D eigenvalue weighted by atomic mass is 16.5. The van der Waals surface area contributed by atoms with Gasteiger partial charge in [-0.3, -0.25) is 10.2 Å². The van der Waals surface area contributed by atoms with Crippen LogP contribution in [0.3, 0.4) is 0 Å². The highest BCUT2D eigenvalue weighted by Crippen LogP contribution is 2.26. The van der Waals surface area contributed by atoms with Gasteiger partial charge in [-0.1, -0.05) is 0 Å². The molecule has 0 saturated carbocycles. The first kappa shape index (κ1) is 18.6. The third-order valence-electron chi connectivity index (χ3n) is 5.11. The molecule has 0 spiro atoms. The molecule has 0 aliphatic carbocycles. The highest BCUT2D eigenvalue weighted by Gasteiger charge is 2.27. The van der Waals surface area contributed by atoms with Crippen molar-refractivity contribution in [2.24, 2.45) is 0 Å². The first-order valence-corrected chi connectivity index (χ1v) is 9.22. The molecular formula is C18H28N6O2. The maximum Gasteiger partial charge on any atom is 0.270 e. The number of nitrogens with zero attached hydrogens (tertiary/aromatic N) is 2. The maximum atomic E-state index is 12.4. The van der Waals surface area contributed by atoms with E-state index in [1.54, 1.807) is 13.2 Å². The second-order valence-electron chi connectivity index (χ2n) is 6.92. The topological polar surface area (TPSA) is 116 Å². The zero-order valence-electron chi connectivity index (χ0n) is 15.3. The third-order valence-corrected chi connectivity index (χ3v) is 5.11. The van der Waals surface area contributed by atoms with E-state index in [0.29, 0.717) is 18.2 Å². The largest absolute Gasteiger partial charge is 0.383 e. The molecule has 1 amide bonds. The zero-order valence-corrected chi connectivity index (χ0v) is 15.3. The molecule has 142 valence electrons. The van der Waals surface area contributed by atoms with Crippen molar-refractivity contribution in [1.29, 1.82) is 5.41 Å². The lowest BCUT2D eigenvalue weighted by molar-refractivity contribution is -0.115. The SMILES string of the molecule is COCC1CCCN1c1ccc(C(=N)C(=O)NC2CCNCC2)c(N)n1. The number of nitrogen functional groups attached to an aromatic ring is 1. The van der Waals surface area contributed by atoms with Crippen molar-refractivity contribution in [2.75, 3.05) is 44.0 Å². The van der Waals surface area contributed by atoms with Crippen molar-refractivity contribution in [2.45, 2.75) is 37.8 Å². The fourth-order valence-electron chi connectivity index (χ4n) is 3.68. The summed E-state index contributed by atoms with van der Waals surface area (Å²) in [6.45, 7) is 3.33. The van der Waals surface area contributed by atoms with Crippen LogP contribution in [0, 0.1) is 5.41 Å². The Morgan fingerprint density at radius 1 is 1.42 bits per heavy atom. The molecular weight excluding hydrogens is 332 g/mol. The van der Waals surface area contributed by atoms with Crippen molar-refractivity contribution in [3.8, 4) is 0 Å². The van der Waals surface area contributed by atoms with Crippen LogP contribution in [0.5, 0.6) is 0 Å². The number of piperidine rings is 1. The van der Waals surface area contributed by atoms with Crippen LogP contribution in [0.1, 0.15) is 31.2 Å². The summed E-state index contributed by atoms with van der Waals surface area (Å²) in [4.78, 5) is 19.0. The summed E-state index contributed by atoms with van der Waals surface area (Å²) in [6, 6.07) is 3.97. The predicted molar refractivity (Wildman–Crippen MR) is 102 cm³/mol. The summed E-state index contributed by atoms with van der Waals surface area (Å²) in [5.41, 5.74) is 6.33. The van der Waals surface area contributed by atoms with Crippen molar-refractivity contribution in [1.82, 2.24) is 15.6 Å². The Balaban J connectivity index is 1.68. The number of hydrogen-bond acceptors (Lipinski definition) is 7. The molecule has 2 aliphatic heterocycles. The molecule has 5 N–H and O–H groups in total. The van der Waals surface area contributed by atoms with Gasteiger partial charge in [0.25, 0.3) is 5.91 Å². The first-order chi connectivity index (χ1) is 12.6. The van der Waals surface area contributed by atoms with Crippen molar-refractivity contribution >= 4 is 23.3 Å². The van der Waals surface area contributed by atoms with E-state index in [2.05, 4.69) is 20.5 Å². The van der Waals surface area contributed by atoms with Crippen LogP contribution >= 0.6 is 0 Å². The van der Waals surface area contributed by atoms with Crippen LogP contribution in [-0.2, 0) is 9.53 Å². The molecule has 8 nitrogen and oxygen atoms in total. The Hall–Kier alpha value is -2.19. The van der Waals surface area contributed by atoms with E-state index in [0.717, 1.165) is 51.1 Å². The number of anilines is 2. The van der Waals surface area contributed by atoms with E-state index in [1.807, 2.05) is 6.07 Å². The molecule has 2 fully saturated rings. The molecule has 1 atom stereocenters. The molecule has 1 aromatic rings. The Morgan fingerprint density at radius 3 is 2.88 bits per heavy atom. The molecule has 26 heavy (non-hydrogen) atoms. The van der Waals surface area contributed by atoms with Crippen LogP contribution in [0.2, 0.25) is 0 Å². The molecule has 0 radical (unpaired) electrons. The van der Waals surface area contributed by atoms with Gasteiger partial charge in [0, 0.05) is 25.3 Å². The summed E-state index contributed by atoms with van der Waals surface area (Å²) < 4.78 is 5.28. The van der Waals surface area contributed by atoms with Crippen LogP contribution in [0.15, 0.2) is 12.1 Å². The number of carbonyl (C=O) groups excluding carboxylic acids is 1. The minimum atomic E-state index is -0.392. The number of ether oxygens (including phenoxy) is 1. The van der Waals surface area contributed by atoms with Crippen molar-refractivity contribution in [3.63, 3.8) is 0 Å². The average Bonchev–Trinajstić information content (AvgIpc) is 3.10. The fourth-order valence-corrected chi connectivity index (χ4v) is 3.68. The summed E-state index contributed by atoms with van der Waals surface area (Å²) in [7, 11) is 1.70. The van der Waals surface area contributed by atoms with Crippen molar-refractivity contribution in [3.05, 3.63) is 17.7 Å². The van der Waals surface area contributed by atoms with Gasteiger partial charge < -0.3 is 26.0 Å². The molecule has 1 aromatic heterocycles. The number of pyridine rings is 1. The average molecular weight is 360 g/mol. The van der Waals surface area contributed by atoms with Crippen LogP contribution < -0.4 is 21.3 Å². The van der Waals surface area contributed by atoms with Gasteiger partial charge in [-0.05, 0) is 50.9 Å². The van der Waals surface area contributed by atoms with E-state index in [-0.39, 0.29) is 17.6 Å². The lowest BCUT2D eigenvalue weighted by Crippen LogP contribution is -2.45. The van der Waals surface area contributed by atoms with Crippen molar-refractivity contribution < 1.29 is 9.53 Å². The van der Waals surface area contributed by atoms with Gasteiger partial charge in [-0.15, -0.1) is 0 Å². The maximum absolute atomic E-state index is 12.4. The second kappa shape index (κ2) is 8.46. The van der Waals surface area contributed by atoms with Gasteiger partial charge in [0.15, 0.2) is 0 Å². The lowest BCUT2D eigenvalue weighted by atomic mass is 10.1. The van der Waals surface area contributed by atoms with E-state index >= 15 is 0 Å². The summed E-state index contributed by atoms with van der Waals surface area (Å²) in [5.74, 6) is 0.602. The second-order valence-corrected chi connectivity index (χ2v) is 6.92. The van der Waals surface area contributed by atoms with E-state index in [1.165, 1.54) is 0 Å².